The lowest BCUT2D eigenvalue weighted by Crippen LogP contribution is -2.27. The molecule has 3 aromatic rings. The van der Waals surface area contributed by atoms with Gasteiger partial charge in [-0.2, -0.15) is 0 Å². The van der Waals surface area contributed by atoms with Crippen LogP contribution in [0.3, 0.4) is 0 Å². The molecule has 0 unspecified atom stereocenters. The van der Waals surface area contributed by atoms with Crippen molar-refractivity contribution in [1.29, 1.82) is 0 Å². The summed E-state index contributed by atoms with van der Waals surface area (Å²) in [5, 5.41) is 11.9. The van der Waals surface area contributed by atoms with Crippen molar-refractivity contribution in [2.75, 3.05) is 13.2 Å². The molecule has 32 heavy (non-hydrogen) atoms. The normalized spacial score (nSPS) is 15.7. The van der Waals surface area contributed by atoms with Crippen molar-refractivity contribution in [1.82, 2.24) is 15.0 Å². The number of fused-ring (bicyclic) bond motifs is 1. The molecule has 0 saturated carbocycles. The number of nitrogens with zero attached hydrogens (tertiary/aromatic N) is 1. The number of rotatable bonds is 6. The molecule has 13 heteroatoms. The first-order valence-corrected chi connectivity index (χ1v) is 12.4. The predicted octanol–water partition coefficient (Wildman–Crippen LogP) is 3.56. The van der Waals surface area contributed by atoms with E-state index in [1.807, 2.05) is 0 Å². The number of hydrogen-bond donors (Lipinski definition) is 3. The van der Waals surface area contributed by atoms with Crippen LogP contribution in [0.5, 0.6) is 0 Å². The summed E-state index contributed by atoms with van der Waals surface area (Å²) in [6.45, 7) is -0.547. The average molecular weight is 530 g/mol. The first-order chi connectivity index (χ1) is 15.2. The van der Waals surface area contributed by atoms with E-state index in [9.17, 15) is 13.2 Å². The van der Waals surface area contributed by atoms with Gasteiger partial charge in [-0.15, -0.1) is 0 Å². The Morgan fingerprint density at radius 2 is 1.97 bits per heavy atom. The van der Waals surface area contributed by atoms with Crippen molar-refractivity contribution in [3.8, 4) is 11.1 Å². The second kappa shape index (κ2) is 9.10. The van der Waals surface area contributed by atoms with E-state index in [4.69, 9.17) is 44.9 Å². The summed E-state index contributed by atoms with van der Waals surface area (Å²) in [5.74, 6) is 0.116. The number of sulfonamides is 1. The molecule has 1 amide bonds. The number of pyridine rings is 1. The molecule has 1 aliphatic heterocycles. The van der Waals surface area contributed by atoms with Gasteiger partial charge in [-0.1, -0.05) is 47.2 Å². The van der Waals surface area contributed by atoms with E-state index >= 15 is 0 Å². The number of benzene rings is 1. The highest BCUT2D eigenvalue weighted by atomic mass is 35.5. The van der Waals surface area contributed by atoms with Gasteiger partial charge in [-0.25, -0.2) is 13.1 Å². The maximum Gasteiger partial charge on any atom is 0.263 e. The third kappa shape index (κ3) is 4.55. The summed E-state index contributed by atoms with van der Waals surface area (Å²) >= 11 is 18.6. The highest BCUT2D eigenvalue weighted by Gasteiger charge is 2.24. The van der Waals surface area contributed by atoms with E-state index in [0.29, 0.717) is 37.1 Å². The van der Waals surface area contributed by atoms with Gasteiger partial charge in [-0.05, 0) is 23.8 Å². The van der Waals surface area contributed by atoms with E-state index in [2.05, 4.69) is 15.0 Å². The summed E-state index contributed by atoms with van der Waals surface area (Å²) < 4.78 is 33.4. The summed E-state index contributed by atoms with van der Waals surface area (Å²) in [7, 11) is -4.02. The molecule has 3 heterocycles. The smallest absolute Gasteiger partial charge is 0.263 e. The quantitative estimate of drug-likeness (QED) is 0.327. The Bertz CT molecular complexity index is 1380. The molecule has 0 aliphatic carbocycles. The third-order valence-electron chi connectivity index (χ3n) is 4.34. The second-order valence-electron chi connectivity index (χ2n) is 6.50. The molecule has 1 aromatic carbocycles. The highest BCUT2D eigenvalue weighted by Crippen LogP contribution is 2.38. The Balaban J connectivity index is 1.77. The molecule has 166 valence electrons. The molecule has 1 saturated heterocycles. The number of thioether (sulfide) groups is 1. The van der Waals surface area contributed by atoms with Crippen molar-refractivity contribution < 1.29 is 22.7 Å². The average Bonchev–Trinajstić information content (AvgIpc) is 3.27. The van der Waals surface area contributed by atoms with Crippen molar-refractivity contribution in [3.63, 3.8) is 0 Å². The Hall–Kier alpha value is -1.99. The molecule has 3 N–H and O–H groups in total. The van der Waals surface area contributed by atoms with Crippen LogP contribution in [0.25, 0.3) is 28.2 Å². The van der Waals surface area contributed by atoms with Crippen LogP contribution in [0.1, 0.15) is 5.76 Å². The van der Waals surface area contributed by atoms with Gasteiger partial charge in [0.25, 0.3) is 5.91 Å². The molecular formula is C19H13Cl2N3O5S3. The number of furan rings is 1. The number of aromatic nitrogens is 1. The fourth-order valence-electron chi connectivity index (χ4n) is 3.03. The number of hydrogen-bond acceptors (Lipinski definition) is 8. The van der Waals surface area contributed by atoms with E-state index in [1.165, 1.54) is 18.3 Å². The van der Waals surface area contributed by atoms with E-state index < -0.39 is 10.0 Å². The topological polar surface area (TPSA) is 122 Å². The summed E-state index contributed by atoms with van der Waals surface area (Å²) in [5.41, 5.74) is 1.48. The van der Waals surface area contributed by atoms with Gasteiger partial charge >= 0.3 is 0 Å². The molecule has 0 bridgehead atoms. The molecule has 0 radical (unpaired) electrons. The molecule has 1 aliphatic rings. The third-order valence-corrected chi connectivity index (χ3v) is 7.88. The first kappa shape index (κ1) is 23.2. The minimum atomic E-state index is -4.02. The largest absolute Gasteiger partial charge is 0.456 e. The number of amides is 1. The number of aliphatic hydroxyl groups excluding tert-OH is 1. The SMILES string of the molecule is O=C1NC(=S)SC1=Cc1cc2cncc(-c3cc(Cl)c(S(=O)(=O)NCCO)c(Cl)c3)c2o1. The van der Waals surface area contributed by atoms with Crippen LogP contribution >= 0.6 is 47.2 Å². The lowest BCUT2D eigenvalue weighted by Gasteiger charge is -2.11. The fourth-order valence-corrected chi connectivity index (χ4v) is 6.29. The highest BCUT2D eigenvalue weighted by molar-refractivity contribution is 8.26. The standard InChI is InChI=1S/C19H13Cl2N3O5S3/c20-13-4-9(5-14(21)17(13)32(27,28)23-1-2-25)12-8-22-7-10-3-11(29-16(10)12)6-15-18(26)24-19(30)31-15/h3-8,23,25H,1-2H2,(H,24,26,30). The van der Waals surface area contributed by atoms with Crippen molar-refractivity contribution in [3.05, 3.63) is 51.3 Å². The van der Waals surface area contributed by atoms with Crippen molar-refractivity contribution in [2.45, 2.75) is 4.90 Å². The molecule has 1 fully saturated rings. The maximum atomic E-state index is 12.4. The number of carbonyl (C=O) groups excluding carboxylic acids is 1. The molecule has 0 atom stereocenters. The van der Waals surface area contributed by atoms with Gasteiger partial charge in [0.1, 0.15) is 20.6 Å². The van der Waals surface area contributed by atoms with Crippen LogP contribution in [0.4, 0.5) is 0 Å². The van der Waals surface area contributed by atoms with E-state index in [1.54, 1.807) is 18.3 Å². The maximum absolute atomic E-state index is 12.4. The Morgan fingerprint density at radius 3 is 2.59 bits per heavy atom. The van der Waals surface area contributed by atoms with Gasteiger partial charge < -0.3 is 14.8 Å². The molecular weight excluding hydrogens is 517 g/mol. The molecule has 8 nitrogen and oxygen atoms in total. The number of thiocarbonyl (C=S) groups is 1. The van der Waals surface area contributed by atoms with Gasteiger partial charge in [0.15, 0.2) is 0 Å². The minimum absolute atomic E-state index is 0.101. The van der Waals surface area contributed by atoms with Crippen LogP contribution < -0.4 is 10.0 Å². The number of carbonyl (C=O) groups is 1. The minimum Gasteiger partial charge on any atom is -0.456 e. The summed E-state index contributed by atoms with van der Waals surface area (Å²) in [4.78, 5) is 16.2. The number of nitrogens with one attached hydrogen (secondary N) is 2. The van der Waals surface area contributed by atoms with Crippen molar-refractivity contribution >= 4 is 84.5 Å². The Morgan fingerprint density at radius 1 is 1.25 bits per heavy atom. The zero-order valence-electron chi connectivity index (χ0n) is 15.9. The molecule has 0 spiro atoms. The van der Waals surface area contributed by atoms with Gasteiger partial charge in [0.05, 0.1) is 21.6 Å². The van der Waals surface area contributed by atoms with Crippen LogP contribution in [0.15, 0.2) is 44.8 Å². The Kier molecular flexibility index (Phi) is 6.59. The van der Waals surface area contributed by atoms with Crippen LogP contribution in [0, 0.1) is 0 Å². The zero-order chi connectivity index (χ0) is 23.0. The van der Waals surface area contributed by atoms with Crippen molar-refractivity contribution in [2.24, 2.45) is 0 Å². The molecule has 2 aromatic heterocycles. The van der Waals surface area contributed by atoms with Crippen LogP contribution in [-0.4, -0.2) is 41.9 Å². The van der Waals surface area contributed by atoms with Crippen LogP contribution in [-0.2, 0) is 14.8 Å². The molecule has 4 rings (SSSR count). The van der Waals surface area contributed by atoms with E-state index in [0.717, 1.165) is 11.8 Å². The zero-order valence-corrected chi connectivity index (χ0v) is 19.8. The van der Waals surface area contributed by atoms with Gasteiger partial charge in [-0.3, -0.25) is 9.78 Å². The Labute approximate surface area is 202 Å². The van der Waals surface area contributed by atoms with Gasteiger partial charge in [0, 0.05) is 36.0 Å². The van der Waals surface area contributed by atoms with Gasteiger partial charge in [0.2, 0.25) is 10.0 Å². The number of halogens is 2. The van der Waals surface area contributed by atoms with Crippen LogP contribution in [0.2, 0.25) is 10.0 Å². The lowest BCUT2D eigenvalue weighted by molar-refractivity contribution is -0.115. The number of aliphatic hydroxyl groups is 1. The summed E-state index contributed by atoms with van der Waals surface area (Å²) in [6, 6.07) is 4.60. The fraction of sp³-hybridized carbons (Fsp3) is 0.105. The monoisotopic (exact) mass is 529 g/mol. The second-order valence-corrected chi connectivity index (χ2v) is 10.7. The predicted molar refractivity (Wildman–Crippen MR) is 128 cm³/mol. The lowest BCUT2D eigenvalue weighted by atomic mass is 10.1. The van der Waals surface area contributed by atoms with E-state index in [-0.39, 0.29) is 34.0 Å². The summed E-state index contributed by atoms with van der Waals surface area (Å²) in [6.07, 6.45) is 4.71. The first-order valence-electron chi connectivity index (χ1n) is 8.92.